The Kier molecular flexibility index (Phi) is 4.46. The molecule has 0 radical (unpaired) electrons. The highest BCUT2D eigenvalue weighted by molar-refractivity contribution is 8.13. The van der Waals surface area contributed by atoms with E-state index in [0.717, 1.165) is 12.3 Å². The maximum atomic E-state index is 11.7. The molecule has 2 aliphatic rings. The number of carbonyl (C=O) groups excluding carboxylic acids is 3. The number of carbonyl (C=O) groups is 3. The van der Waals surface area contributed by atoms with E-state index < -0.39 is 0 Å². The van der Waals surface area contributed by atoms with Crippen molar-refractivity contribution >= 4 is 28.8 Å². The van der Waals surface area contributed by atoms with Gasteiger partial charge in [-0.1, -0.05) is 11.8 Å². The van der Waals surface area contributed by atoms with Gasteiger partial charge in [0.15, 0.2) is 0 Å². The molecule has 6 nitrogen and oxygen atoms in total. The van der Waals surface area contributed by atoms with E-state index in [1.54, 1.807) is 4.90 Å². The van der Waals surface area contributed by atoms with Gasteiger partial charge in [0.25, 0.3) is 5.24 Å². The molecular weight excluding hydrogens is 254 g/mol. The number of amides is 3. The fourth-order valence-electron chi connectivity index (χ4n) is 2.02. The number of nitrogens with zero attached hydrogens (tertiary/aromatic N) is 1. The average Bonchev–Trinajstić information content (AvgIpc) is 2.75. The summed E-state index contributed by atoms with van der Waals surface area (Å²) in [4.78, 5) is 35.7. The topological polar surface area (TPSA) is 78.5 Å². The quantitative estimate of drug-likeness (QED) is 0.751. The van der Waals surface area contributed by atoms with Crippen LogP contribution < -0.4 is 10.6 Å². The molecule has 0 bridgehead atoms. The van der Waals surface area contributed by atoms with E-state index in [2.05, 4.69) is 10.6 Å². The van der Waals surface area contributed by atoms with Crippen LogP contribution in [0.25, 0.3) is 0 Å². The van der Waals surface area contributed by atoms with Crippen molar-refractivity contribution in [2.45, 2.75) is 25.3 Å². The Labute approximate surface area is 110 Å². The van der Waals surface area contributed by atoms with Crippen molar-refractivity contribution in [3.05, 3.63) is 0 Å². The predicted molar refractivity (Wildman–Crippen MR) is 68.2 cm³/mol. The third-order valence-electron chi connectivity index (χ3n) is 3.08. The summed E-state index contributed by atoms with van der Waals surface area (Å²) in [6.07, 6.45) is 1.49. The number of hydrogen-bond acceptors (Lipinski definition) is 4. The summed E-state index contributed by atoms with van der Waals surface area (Å²) >= 11 is 1.30. The first-order chi connectivity index (χ1) is 8.65. The highest BCUT2D eigenvalue weighted by Gasteiger charge is 2.23. The number of piperidine rings is 1. The SMILES string of the molecule is O=C1CCC(NC(=O)CCN2CCSC2=O)CN1. The van der Waals surface area contributed by atoms with Gasteiger partial charge in [-0.2, -0.15) is 0 Å². The molecule has 2 aliphatic heterocycles. The minimum atomic E-state index is -0.0548. The number of hydrogen-bond donors (Lipinski definition) is 2. The van der Waals surface area contributed by atoms with Gasteiger partial charge in [-0.3, -0.25) is 14.4 Å². The van der Waals surface area contributed by atoms with Gasteiger partial charge in [0.2, 0.25) is 11.8 Å². The van der Waals surface area contributed by atoms with Crippen molar-refractivity contribution in [3.63, 3.8) is 0 Å². The molecule has 0 spiro atoms. The molecule has 3 amide bonds. The fourth-order valence-corrected chi connectivity index (χ4v) is 2.87. The summed E-state index contributed by atoms with van der Waals surface area (Å²) < 4.78 is 0. The average molecular weight is 271 g/mol. The van der Waals surface area contributed by atoms with Gasteiger partial charge in [0, 0.05) is 44.3 Å². The van der Waals surface area contributed by atoms with Gasteiger partial charge < -0.3 is 15.5 Å². The zero-order valence-corrected chi connectivity index (χ0v) is 10.9. The predicted octanol–water partition coefficient (Wildman–Crippen LogP) is -0.0599. The highest BCUT2D eigenvalue weighted by atomic mass is 32.2. The maximum absolute atomic E-state index is 11.7. The number of rotatable bonds is 4. The van der Waals surface area contributed by atoms with Crippen LogP contribution >= 0.6 is 11.8 Å². The van der Waals surface area contributed by atoms with Crippen LogP contribution in [0.15, 0.2) is 0 Å². The third kappa shape index (κ3) is 3.63. The highest BCUT2D eigenvalue weighted by Crippen LogP contribution is 2.17. The second-order valence-electron chi connectivity index (χ2n) is 4.46. The first-order valence-electron chi connectivity index (χ1n) is 6.13. The van der Waals surface area contributed by atoms with E-state index in [4.69, 9.17) is 0 Å². The Morgan fingerprint density at radius 3 is 2.94 bits per heavy atom. The van der Waals surface area contributed by atoms with Crippen molar-refractivity contribution in [2.75, 3.05) is 25.4 Å². The molecule has 1 unspecified atom stereocenters. The molecule has 0 aromatic rings. The molecule has 7 heteroatoms. The van der Waals surface area contributed by atoms with E-state index >= 15 is 0 Å². The molecule has 0 saturated carbocycles. The van der Waals surface area contributed by atoms with Gasteiger partial charge in [-0.05, 0) is 6.42 Å². The molecule has 18 heavy (non-hydrogen) atoms. The smallest absolute Gasteiger partial charge is 0.281 e. The third-order valence-corrected chi connectivity index (χ3v) is 3.98. The van der Waals surface area contributed by atoms with Crippen molar-refractivity contribution < 1.29 is 14.4 Å². The lowest BCUT2D eigenvalue weighted by Gasteiger charge is -2.24. The molecule has 0 aromatic heterocycles. The maximum Gasteiger partial charge on any atom is 0.281 e. The van der Waals surface area contributed by atoms with Crippen molar-refractivity contribution in [1.82, 2.24) is 15.5 Å². The number of thioether (sulfide) groups is 1. The van der Waals surface area contributed by atoms with Gasteiger partial charge in [0.05, 0.1) is 0 Å². The van der Waals surface area contributed by atoms with Gasteiger partial charge in [-0.15, -0.1) is 0 Å². The van der Waals surface area contributed by atoms with E-state index in [9.17, 15) is 14.4 Å². The van der Waals surface area contributed by atoms with Crippen LogP contribution in [0, 0.1) is 0 Å². The van der Waals surface area contributed by atoms with Crippen molar-refractivity contribution in [3.8, 4) is 0 Å². The van der Waals surface area contributed by atoms with Crippen LogP contribution in [0.5, 0.6) is 0 Å². The van der Waals surface area contributed by atoms with E-state index in [1.807, 2.05) is 0 Å². The molecule has 2 rings (SSSR count). The summed E-state index contributed by atoms with van der Waals surface area (Å²) in [5, 5.41) is 5.66. The van der Waals surface area contributed by atoms with Crippen LogP contribution in [0.2, 0.25) is 0 Å². The van der Waals surface area contributed by atoms with Crippen LogP contribution in [0.3, 0.4) is 0 Å². The molecule has 2 heterocycles. The zero-order chi connectivity index (χ0) is 13.0. The monoisotopic (exact) mass is 271 g/mol. The Bertz CT molecular complexity index is 351. The van der Waals surface area contributed by atoms with Gasteiger partial charge >= 0.3 is 0 Å². The van der Waals surface area contributed by atoms with Crippen LogP contribution in [-0.4, -0.2) is 53.4 Å². The Morgan fingerprint density at radius 1 is 1.50 bits per heavy atom. The van der Waals surface area contributed by atoms with Crippen LogP contribution in [0.4, 0.5) is 4.79 Å². The Morgan fingerprint density at radius 2 is 2.33 bits per heavy atom. The fraction of sp³-hybridized carbons (Fsp3) is 0.727. The molecule has 1 atom stereocenters. The summed E-state index contributed by atoms with van der Waals surface area (Å²) in [5.74, 6) is 0.802. The first-order valence-corrected chi connectivity index (χ1v) is 7.11. The summed E-state index contributed by atoms with van der Waals surface area (Å²) in [7, 11) is 0. The van der Waals surface area contributed by atoms with E-state index in [1.165, 1.54) is 11.8 Å². The minimum absolute atomic E-state index is 0.0267. The Hall–Kier alpha value is -1.24. The van der Waals surface area contributed by atoms with E-state index in [0.29, 0.717) is 32.4 Å². The zero-order valence-electron chi connectivity index (χ0n) is 10.1. The van der Waals surface area contributed by atoms with Crippen LogP contribution in [-0.2, 0) is 9.59 Å². The number of nitrogens with one attached hydrogen (secondary N) is 2. The molecule has 2 fully saturated rings. The minimum Gasteiger partial charge on any atom is -0.354 e. The standard InChI is InChI=1S/C11H17N3O3S/c15-9-2-1-8(7-12-9)13-10(16)3-4-14-5-6-18-11(14)17/h8H,1-7H2,(H,12,15)(H,13,16). The lowest BCUT2D eigenvalue weighted by atomic mass is 10.1. The largest absolute Gasteiger partial charge is 0.354 e. The molecule has 0 aromatic carbocycles. The van der Waals surface area contributed by atoms with Gasteiger partial charge in [0.1, 0.15) is 0 Å². The second-order valence-corrected chi connectivity index (χ2v) is 5.50. The first kappa shape index (κ1) is 13.2. The molecular formula is C11H17N3O3S. The molecule has 100 valence electrons. The lowest BCUT2D eigenvalue weighted by Crippen LogP contribution is -2.48. The van der Waals surface area contributed by atoms with Crippen molar-refractivity contribution in [1.29, 1.82) is 0 Å². The van der Waals surface area contributed by atoms with Crippen LogP contribution in [0.1, 0.15) is 19.3 Å². The molecule has 2 saturated heterocycles. The summed E-state index contributed by atoms with van der Waals surface area (Å²) in [6.45, 7) is 1.72. The van der Waals surface area contributed by atoms with Crippen molar-refractivity contribution in [2.24, 2.45) is 0 Å². The Balaban J connectivity index is 1.66. The molecule has 2 N–H and O–H groups in total. The summed E-state index contributed by atoms with van der Waals surface area (Å²) in [6, 6.07) is 0.0267. The van der Waals surface area contributed by atoms with Gasteiger partial charge in [-0.25, -0.2) is 0 Å². The summed E-state index contributed by atoms with van der Waals surface area (Å²) in [5.41, 5.74) is 0. The normalized spacial score (nSPS) is 24.0. The second kappa shape index (κ2) is 6.08. The molecule has 0 aliphatic carbocycles. The lowest BCUT2D eigenvalue weighted by molar-refractivity contribution is -0.125. The van der Waals surface area contributed by atoms with E-state index in [-0.39, 0.29) is 23.1 Å².